The SMILES string of the molecule is Cc1c(F)cc(N=C(c2ccccc2)c2ccccc2)c(C2OCCO2)c1CCCO[Si](C)(C)C(C)(C)C. The maximum atomic E-state index is 15.4. The van der Waals surface area contributed by atoms with Gasteiger partial charge in [-0.15, -0.1) is 0 Å². The molecule has 3 aromatic rings. The molecule has 0 aliphatic carbocycles. The van der Waals surface area contributed by atoms with Gasteiger partial charge in [-0.1, -0.05) is 81.4 Å². The van der Waals surface area contributed by atoms with Crippen molar-refractivity contribution in [1.29, 1.82) is 0 Å². The molecule has 4 nitrogen and oxygen atoms in total. The Bertz CT molecular complexity index is 1210. The summed E-state index contributed by atoms with van der Waals surface area (Å²) in [4.78, 5) is 5.10. The number of rotatable bonds is 9. The number of nitrogens with zero attached hydrogens (tertiary/aromatic N) is 1. The lowest BCUT2D eigenvalue weighted by atomic mass is 9.94. The van der Waals surface area contributed by atoms with Crippen LogP contribution in [0.25, 0.3) is 0 Å². The molecule has 0 spiro atoms. The Kier molecular flexibility index (Phi) is 8.99. The summed E-state index contributed by atoms with van der Waals surface area (Å²) in [7, 11) is -1.86. The smallest absolute Gasteiger partial charge is 0.191 e. The van der Waals surface area contributed by atoms with Gasteiger partial charge in [0.25, 0.3) is 0 Å². The normalized spacial score (nSPS) is 14.6. The van der Waals surface area contributed by atoms with Crippen molar-refractivity contribution in [2.24, 2.45) is 4.99 Å². The van der Waals surface area contributed by atoms with E-state index in [4.69, 9.17) is 18.9 Å². The molecule has 1 aliphatic heterocycles. The van der Waals surface area contributed by atoms with Crippen molar-refractivity contribution >= 4 is 19.7 Å². The second kappa shape index (κ2) is 12.0. The van der Waals surface area contributed by atoms with Crippen molar-refractivity contribution in [2.75, 3.05) is 19.8 Å². The zero-order valence-electron chi connectivity index (χ0n) is 23.5. The first-order valence-electron chi connectivity index (χ1n) is 13.5. The monoisotopic (exact) mass is 533 g/mol. The molecule has 1 heterocycles. The third-order valence-electron chi connectivity index (χ3n) is 7.70. The topological polar surface area (TPSA) is 40.0 Å². The summed E-state index contributed by atoms with van der Waals surface area (Å²) in [6, 6.07) is 21.5. The van der Waals surface area contributed by atoms with Crippen LogP contribution in [-0.4, -0.2) is 33.8 Å². The lowest BCUT2D eigenvalue weighted by Crippen LogP contribution is -2.41. The maximum Gasteiger partial charge on any atom is 0.191 e. The first-order chi connectivity index (χ1) is 18.1. The highest BCUT2D eigenvalue weighted by Gasteiger charge is 2.37. The molecular weight excluding hydrogens is 493 g/mol. The number of aliphatic imine (C=N–C) groups is 1. The van der Waals surface area contributed by atoms with Crippen LogP contribution in [0.15, 0.2) is 71.7 Å². The van der Waals surface area contributed by atoms with Crippen molar-refractivity contribution in [2.45, 2.75) is 65.0 Å². The molecular formula is C32H40FNO3Si. The quantitative estimate of drug-likeness (QED) is 0.158. The number of ether oxygens (including phenoxy) is 2. The minimum Gasteiger partial charge on any atom is -0.417 e. The zero-order valence-corrected chi connectivity index (χ0v) is 24.5. The lowest BCUT2D eigenvalue weighted by molar-refractivity contribution is -0.0443. The van der Waals surface area contributed by atoms with E-state index in [1.165, 1.54) is 6.07 Å². The summed E-state index contributed by atoms with van der Waals surface area (Å²) in [6.45, 7) is 14.7. The van der Waals surface area contributed by atoms with Gasteiger partial charge >= 0.3 is 0 Å². The van der Waals surface area contributed by atoms with E-state index < -0.39 is 14.6 Å². The molecule has 38 heavy (non-hydrogen) atoms. The third kappa shape index (κ3) is 6.49. The van der Waals surface area contributed by atoms with Crippen LogP contribution < -0.4 is 0 Å². The molecule has 3 aromatic carbocycles. The van der Waals surface area contributed by atoms with Gasteiger partial charge in [-0.2, -0.15) is 0 Å². The number of hydrogen-bond donors (Lipinski definition) is 0. The van der Waals surface area contributed by atoms with Crippen LogP contribution in [0.3, 0.4) is 0 Å². The Labute approximate surface area is 228 Å². The molecule has 0 radical (unpaired) electrons. The Morgan fingerprint density at radius 3 is 2.05 bits per heavy atom. The Balaban J connectivity index is 1.76. The number of hydrogen-bond acceptors (Lipinski definition) is 4. The molecule has 0 aromatic heterocycles. The lowest BCUT2D eigenvalue weighted by Gasteiger charge is -2.36. The Morgan fingerprint density at radius 2 is 1.53 bits per heavy atom. The second-order valence-electron chi connectivity index (χ2n) is 11.4. The fraction of sp³-hybridized carbons (Fsp3) is 0.406. The van der Waals surface area contributed by atoms with E-state index >= 15 is 4.39 Å². The molecule has 0 bridgehead atoms. The molecule has 0 unspecified atom stereocenters. The molecule has 1 saturated heterocycles. The highest BCUT2D eigenvalue weighted by atomic mass is 28.4. The van der Waals surface area contributed by atoms with Crippen LogP contribution in [0.5, 0.6) is 0 Å². The van der Waals surface area contributed by atoms with E-state index in [2.05, 4.69) is 33.9 Å². The van der Waals surface area contributed by atoms with Crippen LogP contribution in [0.2, 0.25) is 18.1 Å². The summed E-state index contributed by atoms with van der Waals surface area (Å²) in [6.07, 6.45) is 0.868. The standard InChI is InChI=1S/C32H40FNO3Si/c1-23-26(18-13-19-37-38(5,6)32(2,3)4)29(31-35-20-21-36-31)28(22-27(23)33)34-30(24-14-9-7-10-15-24)25-16-11-8-12-17-25/h7-12,14-17,22,31H,13,18-21H2,1-6H3. The van der Waals surface area contributed by atoms with Gasteiger partial charge in [-0.25, -0.2) is 9.38 Å². The first kappa shape index (κ1) is 28.4. The fourth-order valence-electron chi connectivity index (χ4n) is 4.41. The second-order valence-corrected chi connectivity index (χ2v) is 16.2. The molecule has 1 aliphatic rings. The zero-order chi connectivity index (χ0) is 27.3. The molecule has 0 saturated carbocycles. The van der Waals surface area contributed by atoms with Gasteiger partial charge in [0.2, 0.25) is 0 Å². The fourth-order valence-corrected chi connectivity index (χ4v) is 5.50. The molecule has 202 valence electrons. The van der Waals surface area contributed by atoms with Crippen molar-refractivity contribution < 1.29 is 18.3 Å². The summed E-state index contributed by atoms with van der Waals surface area (Å²) in [5.41, 5.74) is 5.58. The third-order valence-corrected chi connectivity index (χ3v) is 12.2. The predicted octanol–water partition coefficient (Wildman–Crippen LogP) is 8.30. The van der Waals surface area contributed by atoms with Gasteiger partial charge in [0, 0.05) is 29.4 Å². The first-order valence-corrected chi connectivity index (χ1v) is 16.4. The molecule has 1 fully saturated rings. The van der Waals surface area contributed by atoms with Crippen LogP contribution in [-0.2, 0) is 20.3 Å². The number of benzene rings is 3. The number of halogens is 1. The van der Waals surface area contributed by atoms with Crippen LogP contribution >= 0.6 is 0 Å². The minimum atomic E-state index is -1.86. The highest BCUT2D eigenvalue weighted by molar-refractivity contribution is 6.74. The largest absolute Gasteiger partial charge is 0.417 e. The highest BCUT2D eigenvalue weighted by Crippen LogP contribution is 2.39. The van der Waals surface area contributed by atoms with Crippen LogP contribution in [0.4, 0.5) is 10.1 Å². The molecule has 0 amide bonds. The average molecular weight is 534 g/mol. The van der Waals surface area contributed by atoms with Gasteiger partial charge in [-0.05, 0) is 49.0 Å². The van der Waals surface area contributed by atoms with Gasteiger partial charge in [0.1, 0.15) is 5.82 Å². The van der Waals surface area contributed by atoms with E-state index in [1.54, 1.807) is 0 Å². The van der Waals surface area contributed by atoms with Gasteiger partial charge < -0.3 is 13.9 Å². The van der Waals surface area contributed by atoms with E-state index in [-0.39, 0.29) is 10.9 Å². The maximum absolute atomic E-state index is 15.4. The minimum absolute atomic E-state index is 0.144. The van der Waals surface area contributed by atoms with Crippen LogP contribution in [0, 0.1) is 12.7 Å². The van der Waals surface area contributed by atoms with Gasteiger partial charge in [0.05, 0.1) is 24.6 Å². The summed E-state index contributed by atoms with van der Waals surface area (Å²) >= 11 is 0. The predicted molar refractivity (Wildman–Crippen MR) is 155 cm³/mol. The molecule has 6 heteroatoms. The van der Waals surface area contributed by atoms with E-state index in [1.807, 2.05) is 67.6 Å². The van der Waals surface area contributed by atoms with Gasteiger partial charge in [-0.3, -0.25) is 0 Å². The van der Waals surface area contributed by atoms with Crippen molar-refractivity contribution in [3.8, 4) is 0 Å². The summed E-state index contributed by atoms with van der Waals surface area (Å²) < 4.78 is 33.8. The summed E-state index contributed by atoms with van der Waals surface area (Å²) in [5, 5.41) is 0.144. The molecule has 4 rings (SSSR count). The van der Waals surface area contributed by atoms with Crippen molar-refractivity contribution in [3.63, 3.8) is 0 Å². The van der Waals surface area contributed by atoms with Crippen molar-refractivity contribution in [1.82, 2.24) is 0 Å². The average Bonchev–Trinajstić information content (AvgIpc) is 3.42. The molecule has 0 N–H and O–H groups in total. The molecule has 0 atom stereocenters. The van der Waals surface area contributed by atoms with E-state index in [0.717, 1.165) is 34.4 Å². The van der Waals surface area contributed by atoms with E-state index in [9.17, 15) is 0 Å². The Morgan fingerprint density at radius 1 is 0.974 bits per heavy atom. The van der Waals surface area contributed by atoms with Crippen molar-refractivity contribution in [3.05, 3.63) is 100 Å². The van der Waals surface area contributed by atoms with Crippen LogP contribution in [0.1, 0.15) is 61.3 Å². The van der Waals surface area contributed by atoms with Gasteiger partial charge in [0.15, 0.2) is 14.6 Å². The summed E-state index contributed by atoms with van der Waals surface area (Å²) in [5.74, 6) is -0.272. The van der Waals surface area contributed by atoms with E-state index in [0.29, 0.717) is 37.5 Å². The Hall–Kier alpha value is -2.64.